The van der Waals surface area contributed by atoms with Gasteiger partial charge in [-0.15, -0.1) is 11.3 Å². The summed E-state index contributed by atoms with van der Waals surface area (Å²) in [5, 5.41) is 3.31. The zero-order chi connectivity index (χ0) is 27.0. The van der Waals surface area contributed by atoms with Crippen molar-refractivity contribution in [2.24, 2.45) is 5.41 Å². The second-order valence-electron chi connectivity index (χ2n) is 10.0. The Balaban J connectivity index is 1.34. The van der Waals surface area contributed by atoms with Gasteiger partial charge in [0.1, 0.15) is 12.4 Å². The van der Waals surface area contributed by atoms with Gasteiger partial charge in [0.2, 0.25) is 11.8 Å². The van der Waals surface area contributed by atoms with Crippen LogP contribution in [0.1, 0.15) is 49.5 Å². The number of nitrogens with one attached hydrogen (secondary N) is 1. The number of methoxy groups -OCH3 is 1. The van der Waals surface area contributed by atoms with E-state index in [0.717, 1.165) is 49.2 Å². The number of anilines is 1. The highest BCUT2D eigenvalue weighted by atomic mass is 32.1. The lowest BCUT2D eigenvalue weighted by Gasteiger charge is -2.43. The summed E-state index contributed by atoms with van der Waals surface area (Å²) in [6.07, 6.45) is 7.02. The Morgan fingerprint density at radius 2 is 1.95 bits per heavy atom. The van der Waals surface area contributed by atoms with Gasteiger partial charge in [0.05, 0.1) is 32.0 Å². The van der Waals surface area contributed by atoms with Gasteiger partial charge in [0.15, 0.2) is 5.13 Å². The molecule has 38 heavy (non-hydrogen) atoms. The fourth-order valence-electron chi connectivity index (χ4n) is 5.37. The van der Waals surface area contributed by atoms with Crippen LogP contribution in [-0.2, 0) is 32.0 Å². The molecular formula is C28H38N4O5S. The van der Waals surface area contributed by atoms with E-state index in [-0.39, 0.29) is 36.2 Å². The molecule has 3 heterocycles. The van der Waals surface area contributed by atoms with Crippen molar-refractivity contribution in [1.29, 1.82) is 0 Å². The molecule has 0 aliphatic carbocycles. The fourth-order valence-corrected chi connectivity index (χ4v) is 6.18. The average Bonchev–Trinajstić information content (AvgIpc) is 3.36. The Hall–Kier alpha value is -2.98. The molecule has 9 nitrogen and oxygen atoms in total. The van der Waals surface area contributed by atoms with E-state index in [0.29, 0.717) is 37.9 Å². The van der Waals surface area contributed by atoms with Gasteiger partial charge in [-0.25, -0.2) is 4.98 Å². The van der Waals surface area contributed by atoms with E-state index in [4.69, 9.17) is 4.74 Å². The lowest BCUT2D eigenvalue weighted by atomic mass is 9.73. The third-order valence-corrected chi connectivity index (χ3v) is 8.50. The number of benzene rings is 1. The monoisotopic (exact) mass is 542 g/mol. The molecule has 2 aliphatic heterocycles. The van der Waals surface area contributed by atoms with E-state index >= 15 is 0 Å². The number of aromatic nitrogens is 1. The third-order valence-electron chi connectivity index (χ3n) is 7.59. The van der Waals surface area contributed by atoms with Crippen molar-refractivity contribution >= 4 is 34.3 Å². The summed E-state index contributed by atoms with van der Waals surface area (Å²) < 4.78 is 10.8. The van der Waals surface area contributed by atoms with Gasteiger partial charge in [0, 0.05) is 17.6 Å². The van der Waals surface area contributed by atoms with Crippen molar-refractivity contribution < 1.29 is 23.9 Å². The van der Waals surface area contributed by atoms with Crippen molar-refractivity contribution in [3.05, 3.63) is 40.9 Å². The molecule has 1 aromatic heterocycles. The average molecular weight is 543 g/mol. The van der Waals surface area contributed by atoms with Crippen LogP contribution in [0.25, 0.3) is 0 Å². The van der Waals surface area contributed by atoms with E-state index in [2.05, 4.69) is 32.1 Å². The lowest BCUT2D eigenvalue weighted by Crippen LogP contribution is -2.52. The maximum atomic E-state index is 13.8. The number of para-hydroxylation sites is 1. The number of piperidine rings is 1. The number of likely N-dealkylation sites (tertiary alicyclic amines) is 1. The first-order valence-electron chi connectivity index (χ1n) is 13.5. The smallest absolute Gasteiger partial charge is 0.310 e. The Bertz CT molecular complexity index is 1110. The molecule has 1 aromatic carbocycles. The SMILES string of the molecule is CCN1CCOc2ccccc2CCCCC2(CCN(CC(=O)Nc3ncc(CC(=O)OC)s3)CC2)C1=O. The zero-order valence-electron chi connectivity index (χ0n) is 22.4. The van der Waals surface area contributed by atoms with Gasteiger partial charge in [0.25, 0.3) is 0 Å². The van der Waals surface area contributed by atoms with Crippen LogP contribution in [0.3, 0.4) is 0 Å². The minimum atomic E-state index is -0.389. The predicted molar refractivity (Wildman–Crippen MR) is 146 cm³/mol. The number of amides is 2. The van der Waals surface area contributed by atoms with E-state index in [1.165, 1.54) is 24.0 Å². The summed E-state index contributed by atoms with van der Waals surface area (Å²) in [6, 6.07) is 8.20. The number of esters is 1. The van der Waals surface area contributed by atoms with Crippen molar-refractivity contribution in [1.82, 2.24) is 14.8 Å². The van der Waals surface area contributed by atoms with Gasteiger partial charge in [-0.3, -0.25) is 19.3 Å². The van der Waals surface area contributed by atoms with Crippen molar-refractivity contribution in [3.63, 3.8) is 0 Å². The van der Waals surface area contributed by atoms with Crippen LogP contribution in [0.5, 0.6) is 5.75 Å². The lowest BCUT2D eigenvalue weighted by molar-refractivity contribution is -0.146. The largest absolute Gasteiger partial charge is 0.491 e. The second-order valence-corrected chi connectivity index (χ2v) is 11.2. The highest BCUT2D eigenvalue weighted by Crippen LogP contribution is 2.39. The quantitative estimate of drug-likeness (QED) is 0.558. The number of ether oxygens (including phenoxy) is 2. The highest BCUT2D eigenvalue weighted by Gasteiger charge is 2.43. The van der Waals surface area contributed by atoms with E-state index in [1.54, 1.807) is 6.20 Å². The standard InChI is InChI=1S/C28H38N4O5S/c1-3-32-16-17-37-23-10-5-4-8-21(23)9-6-7-11-28(26(32)35)12-14-31(15-13-28)20-24(33)30-27-29-19-22(38-27)18-25(34)36-2/h4-5,8,10,19H,3,6-7,9,11-18,20H2,1-2H3,(H,29,30,33). The van der Waals surface area contributed by atoms with Crippen molar-refractivity contribution in [2.75, 3.05) is 51.8 Å². The molecule has 0 radical (unpaired) electrons. The van der Waals surface area contributed by atoms with Crippen molar-refractivity contribution in [3.8, 4) is 5.75 Å². The molecule has 1 fully saturated rings. The van der Waals surface area contributed by atoms with Gasteiger partial charge in [-0.1, -0.05) is 24.6 Å². The normalized spacial score (nSPS) is 18.6. The number of aryl methyl sites for hydroxylation is 1. The number of carbonyl (C=O) groups is 3. The first-order chi connectivity index (χ1) is 18.4. The number of hydrogen-bond donors (Lipinski definition) is 1. The summed E-state index contributed by atoms with van der Waals surface area (Å²) in [5.74, 6) is 0.669. The summed E-state index contributed by atoms with van der Waals surface area (Å²) in [5.41, 5.74) is 0.842. The molecule has 2 amide bonds. The summed E-state index contributed by atoms with van der Waals surface area (Å²) in [7, 11) is 1.35. The summed E-state index contributed by atoms with van der Waals surface area (Å²) >= 11 is 1.27. The number of rotatable bonds is 6. The predicted octanol–water partition coefficient (Wildman–Crippen LogP) is 3.53. The minimum Gasteiger partial charge on any atom is -0.491 e. The van der Waals surface area contributed by atoms with Crippen LogP contribution in [0, 0.1) is 5.41 Å². The Morgan fingerprint density at radius 1 is 1.16 bits per heavy atom. The molecule has 0 atom stereocenters. The molecule has 10 heteroatoms. The van der Waals surface area contributed by atoms with Crippen LogP contribution < -0.4 is 10.1 Å². The first-order valence-corrected chi connectivity index (χ1v) is 14.3. The fraction of sp³-hybridized carbons (Fsp3) is 0.571. The van der Waals surface area contributed by atoms with E-state index < -0.39 is 0 Å². The molecule has 2 aliphatic rings. The topological polar surface area (TPSA) is 101 Å². The van der Waals surface area contributed by atoms with Gasteiger partial charge >= 0.3 is 5.97 Å². The summed E-state index contributed by atoms with van der Waals surface area (Å²) in [6.45, 7) is 5.38. The molecule has 0 bridgehead atoms. The minimum absolute atomic E-state index is 0.139. The highest BCUT2D eigenvalue weighted by molar-refractivity contribution is 7.15. The molecule has 1 spiro atoms. The molecule has 1 N–H and O–H groups in total. The van der Waals surface area contributed by atoms with Gasteiger partial charge in [-0.2, -0.15) is 0 Å². The molecule has 0 saturated carbocycles. The zero-order valence-corrected chi connectivity index (χ0v) is 23.2. The first kappa shape index (κ1) is 28.0. The van der Waals surface area contributed by atoms with Crippen LogP contribution >= 0.6 is 11.3 Å². The van der Waals surface area contributed by atoms with E-state index in [9.17, 15) is 14.4 Å². The second kappa shape index (κ2) is 13.2. The summed E-state index contributed by atoms with van der Waals surface area (Å²) in [4.78, 5) is 47.0. The molecular weight excluding hydrogens is 504 g/mol. The molecule has 206 valence electrons. The number of thiazole rings is 1. The van der Waals surface area contributed by atoms with Crippen LogP contribution in [0.15, 0.2) is 30.5 Å². The molecule has 1 saturated heterocycles. The maximum absolute atomic E-state index is 13.8. The van der Waals surface area contributed by atoms with Gasteiger partial charge < -0.3 is 19.7 Å². The number of nitrogens with zero attached hydrogens (tertiary/aromatic N) is 3. The van der Waals surface area contributed by atoms with Gasteiger partial charge in [-0.05, 0) is 63.7 Å². The molecule has 0 unspecified atom stereocenters. The Kier molecular flexibility index (Phi) is 9.74. The number of fused-ring (bicyclic) bond motifs is 1. The van der Waals surface area contributed by atoms with Crippen LogP contribution in [0.4, 0.5) is 5.13 Å². The number of hydrogen-bond acceptors (Lipinski definition) is 8. The van der Waals surface area contributed by atoms with Crippen molar-refractivity contribution in [2.45, 2.75) is 51.9 Å². The number of likely N-dealkylation sites (N-methyl/N-ethyl adjacent to an activating group) is 1. The molecule has 2 aromatic rings. The van der Waals surface area contributed by atoms with Crippen LogP contribution in [0.2, 0.25) is 0 Å². The van der Waals surface area contributed by atoms with Crippen LogP contribution in [-0.4, -0.2) is 79.0 Å². The Morgan fingerprint density at radius 3 is 2.71 bits per heavy atom. The maximum Gasteiger partial charge on any atom is 0.310 e. The molecule has 4 rings (SSSR count). The van der Waals surface area contributed by atoms with E-state index in [1.807, 2.05) is 24.0 Å². The number of carbonyl (C=O) groups excluding carboxylic acids is 3. The Labute approximate surface area is 228 Å². The third kappa shape index (κ3) is 7.11.